The largest absolute Gasteiger partial charge is 0.484 e. The fourth-order valence-electron chi connectivity index (χ4n) is 1.13. The Morgan fingerprint density at radius 1 is 1.58 bits per heavy atom. The van der Waals surface area contributed by atoms with Crippen LogP contribution in [0.2, 0.25) is 0 Å². The summed E-state index contributed by atoms with van der Waals surface area (Å²) >= 11 is 2.94. The molecule has 0 unspecified atom stereocenters. The van der Waals surface area contributed by atoms with Crippen LogP contribution in [-0.4, -0.2) is 19.9 Å². The molecule has 0 spiro atoms. The molecule has 0 saturated carbocycles. The molecule has 0 aliphatic heterocycles. The lowest BCUT2D eigenvalue weighted by Gasteiger charge is -2.09. The summed E-state index contributed by atoms with van der Waals surface area (Å²) in [6, 6.07) is 1.16. The number of nitro benzene ring substituents is 1. The first-order valence-electron chi connectivity index (χ1n) is 4.51. The van der Waals surface area contributed by atoms with E-state index in [0.29, 0.717) is 16.6 Å². The highest BCUT2D eigenvalue weighted by Crippen LogP contribution is 2.34. The number of ether oxygens (including phenoxy) is 1. The molecule has 0 atom stereocenters. The average molecular weight is 375 g/mol. The van der Waals surface area contributed by atoms with Crippen LogP contribution < -0.4 is 4.74 Å². The van der Waals surface area contributed by atoms with Gasteiger partial charge in [0.2, 0.25) is 0 Å². The molecule has 0 aliphatic carbocycles. The second kappa shape index (κ2) is 5.85. The van der Waals surface area contributed by atoms with E-state index in [1.807, 2.05) is 0 Å². The Hall–Kier alpha value is -1.19. The van der Waals surface area contributed by atoms with Gasteiger partial charge in [-0.25, -0.2) is 12.8 Å². The van der Waals surface area contributed by atoms with E-state index in [0.717, 1.165) is 0 Å². The van der Waals surface area contributed by atoms with Crippen LogP contribution in [0, 0.1) is 15.9 Å². The molecule has 1 aromatic rings. The second-order valence-corrected chi connectivity index (χ2v) is 6.91. The molecule has 0 bridgehead atoms. The first-order valence-corrected chi connectivity index (χ1v) is 7.62. The van der Waals surface area contributed by atoms with E-state index in [4.69, 9.17) is 15.4 Å². The van der Waals surface area contributed by atoms with Crippen molar-refractivity contribution in [3.8, 4) is 5.75 Å². The van der Waals surface area contributed by atoms with Crippen molar-refractivity contribution in [2.24, 2.45) is 0 Å². The van der Waals surface area contributed by atoms with Crippen LogP contribution in [-0.2, 0) is 9.05 Å². The molecule has 1 aromatic carbocycles. The SMILES string of the molecule is C=C(Br)COc1c(F)cc([N+](=O)[O-])cc1S(=O)(=O)Cl. The van der Waals surface area contributed by atoms with Crippen LogP contribution in [0.3, 0.4) is 0 Å². The van der Waals surface area contributed by atoms with Gasteiger partial charge in [0.05, 0.1) is 11.0 Å². The highest BCUT2D eigenvalue weighted by Gasteiger charge is 2.25. The van der Waals surface area contributed by atoms with Gasteiger partial charge >= 0.3 is 0 Å². The Morgan fingerprint density at radius 2 is 2.16 bits per heavy atom. The van der Waals surface area contributed by atoms with Crippen molar-refractivity contribution >= 4 is 41.4 Å². The Kier molecular flexibility index (Phi) is 4.88. The molecule has 19 heavy (non-hydrogen) atoms. The maximum Gasteiger partial charge on any atom is 0.273 e. The monoisotopic (exact) mass is 373 g/mol. The number of benzene rings is 1. The molecule has 0 radical (unpaired) electrons. The number of hydrogen-bond acceptors (Lipinski definition) is 5. The first-order chi connectivity index (χ1) is 8.62. The van der Waals surface area contributed by atoms with Gasteiger partial charge in [0.1, 0.15) is 11.5 Å². The molecular formula is C9H6BrClFNO5S. The minimum absolute atomic E-state index is 0.228. The summed E-state index contributed by atoms with van der Waals surface area (Å²) in [5, 5.41) is 10.5. The van der Waals surface area contributed by atoms with Crippen LogP contribution in [0.5, 0.6) is 5.75 Å². The van der Waals surface area contributed by atoms with Gasteiger partial charge in [-0.05, 0) is 0 Å². The third kappa shape index (κ3) is 4.15. The maximum atomic E-state index is 13.7. The molecule has 0 amide bonds. The summed E-state index contributed by atoms with van der Waals surface area (Å²) in [6.07, 6.45) is 0. The molecule has 0 aliphatic rings. The number of nitrogens with zero attached hydrogens (tertiary/aromatic N) is 1. The van der Waals surface area contributed by atoms with Crippen LogP contribution in [0.1, 0.15) is 0 Å². The molecule has 104 valence electrons. The first kappa shape index (κ1) is 15.9. The van der Waals surface area contributed by atoms with E-state index in [1.54, 1.807) is 0 Å². The van der Waals surface area contributed by atoms with Gasteiger partial charge in [0.15, 0.2) is 11.6 Å². The predicted octanol–water partition coefficient (Wildman–Crippen LogP) is 2.95. The second-order valence-electron chi connectivity index (χ2n) is 3.26. The maximum absolute atomic E-state index is 13.7. The van der Waals surface area contributed by atoms with Crippen molar-refractivity contribution in [3.05, 3.63) is 39.1 Å². The van der Waals surface area contributed by atoms with Crippen molar-refractivity contribution < 1.29 is 22.5 Å². The van der Waals surface area contributed by atoms with Gasteiger partial charge in [-0.1, -0.05) is 22.5 Å². The average Bonchev–Trinajstić information content (AvgIpc) is 2.24. The summed E-state index contributed by atoms with van der Waals surface area (Å²) in [7, 11) is 0.694. The van der Waals surface area contributed by atoms with Crippen LogP contribution >= 0.6 is 26.6 Å². The summed E-state index contributed by atoms with van der Waals surface area (Å²) in [5.74, 6) is -1.90. The fourth-order valence-corrected chi connectivity index (χ4v) is 2.23. The molecule has 6 nitrogen and oxygen atoms in total. The number of hydrogen-bond donors (Lipinski definition) is 0. The highest BCUT2D eigenvalue weighted by molar-refractivity contribution is 9.11. The van der Waals surface area contributed by atoms with Crippen molar-refractivity contribution in [1.29, 1.82) is 0 Å². The van der Waals surface area contributed by atoms with Gasteiger partial charge in [-0.15, -0.1) is 0 Å². The minimum Gasteiger partial charge on any atom is -0.484 e. The zero-order valence-electron chi connectivity index (χ0n) is 9.10. The Bertz CT molecular complexity index is 648. The Labute approximate surface area is 120 Å². The van der Waals surface area contributed by atoms with Gasteiger partial charge in [-0.3, -0.25) is 10.1 Å². The Morgan fingerprint density at radius 3 is 2.58 bits per heavy atom. The van der Waals surface area contributed by atoms with Gasteiger partial charge in [-0.2, -0.15) is 0 Å². The molecule has 0 saturated heterocycles. The van der Waals surface area contributed by atoms with Crippen molar-refractivity contribution in [2.45, 2.75) is 4.90 Å². The van der Waals surface area contributed by atoms with Crippen LogP contribution in [0.4, 0.5) is 10.1 Å². The zero-order chi connectivity index (χ0) is 14.8. The Balaban J connectivity index is 3.44. The molecule has 0 N–H and O–H groups in total. The summed E-state index contributed by atoms with van der Waals surface area (Å²) in [4.78, 5) is 8.80. The summed E-state index contributed by atoms with van der Waals surface area (Å²) in [6.45, 7) is 3.19. The van der Waals surface area contributed by atoms with E-state index in [2.05, 4.69) is 22.5 Å². The lowest BCUT2D eigenvalue weighted by molar-refractivity contribution is -0.385. The summed E-state index contributed by atoms with van der Waals surface area (Å²) in [5.41, 5.74) is -0.748. The normalized spacial score (nSPS) is 11.1. The van der Waals surface area contributed by atoms with Gasteiger partial charge in [0.25, 0.3) is 14.7 Å². The molecule has 0 aromatic heterocycles. The molecular weight excluding hydrogens is 369 g/mol. The molecule has 10 heteroatoms. The summed E-state index contributed by atoms with van der Waals surface area (Å²) < 4.78 is 41.4. The minimum atomic E-state index is -4.40. The van der Waals surface area contributed by atoms with Crippen LogP contribution in [0.25, 0.3) is 0 Å². The smallest absolute Gasteiger partial charge is 0.273 e. The number of nitro groups is 1. The highest BCUT2D eigenvalue weighted by atomic mass is 79.9. The van der Waals surface area contributed by atoms with Crippen molar-refractivity contribution in [2.75, 3.05) is 6.61 Å². The van der Waals surface area contributed by atoms with Gasteiger partial charge in [0, 0.05) is 21.2 Å². The van der Waals surface area contributed by atoms with E-state index in [9.17, 15) is 22.9 Å². The van der Waals surface area contributed by atoms with Gasteiger partial charge < -0.3 is 4.74 Å². The van der Waals surface area contributed by atoms with E-state index < -0.39 is 36.1 Å². The third-order valence-corrected chi connectivity index (χ3v) is 3.40. The zero-order valence-corrected chi connectivity index (χ0v) is 12.3. The topological polar surface area (TPSA) is 86.5 Å². The number of rotatable bonds is 5. The lowest BCUT2D eigenvalue weighted by Crippen LogP contribution is -2.05. The van der Waals surface area contributed by atoms with Crippen molar-refractivity contribution in [1.82, 2.24) is 0 Å². The van der Waals surface area contributed by atoms with Crippen LogP contribution in [0.15, 0.2) is 28.1 Å². The van der Waals surface area contributed by atoms with Crippen molar-refractivity contribution in [3.63, 3.8) is 0 Å². The van der Waals surface area contributed by atoms with E-state index in [-0.39, 0.29) is 6.61 Å². The lowest BCUT2D eigenvalue weighted by atomic mass is 10.3. The quantitative estimate of drug-likeness (QED) is 0.449. The standard InChI is InChI=1S/C9H6BrClFNO5S/c1-5(10)4-18-9-7(12)2-6(13(14)15)3-8(9)19(11,16)17/h2-3H,1,4H2. The molecule has 0 heterocycles. The fraction of sp³-hybridized carbons (Fsp3) is 0.111. The predicted molar refractivity (Wildman–Crippen MR) is 69.7 cm³/mol. The van der Waals surface area contributed by atoms with E-state index >= 15 is 0 Å². The molecule has 1 rings (SSSR count). The number of non-ortho nitro benzene ring substituents is 1. The van der Waals surface area contributed by atoms with E-state index in [1.165, 1.54) is 0 Å². The third-order valence-electron chi connectivity index (χ3n) is 1.84. The number of halogens is 3. The molecule has 0 fully saturated rings.